The molecule has 2 fully saturated rings. The Kier molecular flexibility index (Phi) is 4.68. The molecule has 2 aliphatic rings. The molecular weight excluding hydrogens is 342 g/mol. The maximum atomic E-state index is 13.5. The number of hydrogen-bond donors (Lipinski definition) is 0. The van der Waals surface area contributed by atoms with Crippen LogP contribution in [0.2, 0.25) is 0 Å². The summed E-state index contributed by atoms with van der Waals surface area (Å²) in [5, 5.41) is 4.22. The van der Waals surface area contributed by atoms with Gasteiger partial charge in [0.25, 0.3) is 5.91 Å². The van der Waals surface area contributed by atoms with Crippen LogP contribution in [0, 0.1) is 0 Å². The maximum absolute atomic E-state index is 13.5. The van der Waals surface area contributed by atoms with Crippen LogP contribution >= 0.6 is 0 Å². The number of rotatable bonds is 4. The first-order chi connectivity index (χ1) is 13.2. The van der Waals surface area contributed by atoms with Crippen LogP contribution in [0.15, 0.2) is 36.7 Å². The number of carbonyl (C=O) groups is 2. The number of aryl methyl sites for hydroxylation is 1. The van der Waals surface area contributed by atoms with Crippen LogP contribution in [-0.4, -0.2) is 55.0 Å². The minimum Gasteiger partial charge on any atom is -0.335 e. The Bertz CT molecular complexity index is 834. The van der Waals surface area contributed by atoms with Crippen LogP contribution in [-0.2, 0) is 17.9 Å². The third kappa shape index (κ3) is 3.01. The lowest BCUT2D eigenvalue weighted by atomic mass is 9.85. The van der Waals surface area contributed by atoms with E-state index in [1.54, 1.807) is 23.1 Å². The van der Waals surface area contributed by atoms with Gasteiger partial charge in [0.05, 0.1) is 12.2 Å². The average molecular weight is 367 g/mol. The van der Waals surface area contributed by atoms with Gasteiger partial charge in [-0.15, -0.1) is 0 Å². The zero-order valence-corrected chi connectivity index (χ0v) is 15.7. The van der Waals surface area contributed by atoms with E-state index in [4.69, 9.17) is 0 Å². The van der Waals surface area contributed by atoms with Crippen molar-refractivity contribution in [1.29, 1.82) is 0 Å². The summed E-state index contributed by atoms with van der Waals surface area (Å²) in [7, 11) is 0. The van der Waals surface area contributed by atoms with Gasteiger partial charge >= 0.3 is 0 Å². The van der Waals surface area contributed by atoms with Crippen LogP contribution in [0.4, 0.5) is 0 Å². The molecule has 1 unspecified atom stereocenters. The quantitative estimate of drug-likeness (QED) is 0.830. The van der Waals surface area contributed by atoms with Gasteiger partial charge in [-0.1, -0.05) is 6.07 Å². The maximum Gasteiger partial charge on any atom is 0.273 e. The molecule has 1 atom stereocenters. The lowest BCUT2D eigenvalue weighted by Crippen LogP contribution is -2.61. The molecule has 2 aromatic heterocycles. The highest BCUT2D eigenvalue weighted by Crippen LogP contribution is 2.39. The molecule has 7 nitrogen and oxygen atoms in total. The third-order valence-corrected chi connectivity index (χ3v) is 5.75. The largest absolute Gasteiger partial charge is 0.335 e. The lowest BCUT2D eigenvalue weighted by Gasteiger charge is -2.44. The number of hydrogen-bond acceptors (Lipinski definition) is 4. The molecule has 2 aliphatic heterocycles. The molecule has 0 radical (unpaired) electrons. The summed E-state index contributed by atoms with van der Waals surface area (Å²) < 4.78 is 1.70. The molecule has 4 rings (SSSR count). The Morgan fingerprint density at radius 1 is 1.15 bits per heavy atom. The predicted octanol–water partition coefficient (Wildman–Crippen LogP) is 2.10. The Hall–Kier alpha value is -2.70. The Morgan fingerprint density at radius 3 is 2.70 bits per heavy atom. The first-order valence-corrected chi connectivity index (χ1v) is 9.69. The van der Waals surface area contributed by atoms with Gasteiger partial charge in [0.1, 0.15) is 11.2 Å². The van der Waals surface area contributed by atoms with E-state index in [1.165, 1.54) is 0 Å². The van der Waals surface area contributed by atoms with Gasteiger partial charge in [0, 0.05) is 32.0 Å². The average Bonchev–Trinajstić information content (AvgIpc) is 3.33. The van der Waals surface area contributed by atoms with Gasteiger partial charge in [0.2, 0.25) is 5.91 Å². The van der Waals surface area contributed by atoms with E-state index >= 15 is 0 Å². The second-order valence-corrected chi connectivity index (χ2v) is 7.28. The first-order valence-electron chi connectivity index (χ1n) is 9.69. The van der Waals surface area contributed by atoms with Crippen molar-refractivity contribution in [2.24, 2.45) is 0 Å². The second kappa shape index (κ2) is 7.13. The summed E-state index contributed by atoms with van der Waals surface area (Å²) in [5.41, 5.74) is 0.726. The summed E-state index contributed by atoms with van der Waals surface area (Å²) >= 11 is 0. The topological polar surface area (TPSA) is 71.3 Å². The zero-order chi connectivity index (χ0) is 18.9. The normalized spacial score (nSPS) is 22.6. The van der Waals surface area contributed by atoms with Crippen LogP contribution in [0.25, 0.3) is 0 Å². The SMILES string of the molecule is CCn1nccc1C(=O)N1CCCC12CCCN(Cc1ccccn1)C2=O. The molecule has 0 N–H and O–H groups in total. The van der Waals surface area contributed by atoms with E-state index < -0.39 is 5.54 Å². The molecule has 0 bridgehead atoms. The molecule has 7 heteroatoms. The van der Waals surface area contributed by atoms with Crippen molar-refractivity contribution in [3.63, 3.8) is 0 Å². The van der Waals surface area contributed by atoms with E-state index in [-0.39, 0.29) is 11.8 Å². The summed E-state index contributed by atoms with van der Waals surface area (Å²) in [6.07, 6.45) is 6.62. The van der Waals surface area contributed by atoms with Crippen molar-refractivity contribution in [2.45, 2.75) is 51.2 Å². The molecule has 0 aliphatic carbocycles. The fourth-order valence-corrected chi connectivity index (χ4v) is 4.46. The first kappa shape index (κ1) is 17.7. The fourth-order valence-electron chi connectivity index (χ4n) is 4.46. The van der Waals surface area contributed by atoms with Crippen molar-refractivity contribution in [3.05, 3.63) is 48.0 Å². The summed E-state index contributed by atoms with van der Waals surface area (Å²) in [6.45, 7) is 4.43. The highest BCUT2D eigenvalue weighted by molar-refractivity contribution is 5.99. The number of likely N-dealkylation sites (tertiary alicyclic amines) is 2. The molecular formula is C20H25N5O2. The van der Waals surface area contributed by atoms with Crippen molar-refractivity contribution >= 4 is 11.8 Å². The van der Waals surface area contributed by atoms with Crippen molar-refractivity contribution in [1.82, 2.24) is 24.6 Å². The Morgan fingerprint density at radius 2 is 1.96 bits per heavy atom. The molecule has 2 saturated heterocycles. The highest BCUT2D eigenvalue weighted by Gasteiger charge is 2.53. The summed E-state index contributed by atoms with van der Waals surface area (Å²) in [6, 6.07) is 7.49. The molecule has 4 heterocycles. The van der Waals surface area contributed by atoms with Gasteiger partial charge in [-0.05, 0) is 50.8 Å². The lowest BCUT2D eigenvalue weighted by molar-refractivity contribution is -0.146. The van der Waals surface area contributed by atoms with E-state index in [0.29, 0.717) is 31.9 Å². The number of carbonyl (C=O) groups excluding carboxylic acids is 2. The van der Waals surface area contributed by atoms with Gasteiger partial charge in [0.15, 0.2) is 0 Å². The number of amides is 2. The summed E-state index contributed by atoms with van der Waals surface area (Å²) in [5.74, 6) is -0.0206. The number of aromatic nitrogens is 3. The number of piperidine rings is 1. The Balaban J connectivity index is 1.60. The fraction of sp³-hybridized carbons (Fsp3) is 0.500. The standard InChI is InChI=1S/C20H25N5O2/c1-2-25-17(8-12-22-25)18(26)24-14-6-10-20(24)9-5-13-23(19(20)27)15-16-7-3-4-11-21-16/h3-4,7-8,11-12H,2,5-6,9-10,13-15H2,1H3. The van der Waals surface area contributed by atoms with Crippen molar-refractivity contribution in [3.8, 4) is 0 Å². The molecule has 0 aromatic carbocycles. The van der Waals surface area contributed by atoms with Crippen LogP contribution in [0.3, 0.4) is 0 Å². The predicted molar refractivity (Wildman–Crippen MR) is 99.8 cm³/mol. The smallest absolute Gasteiger partial charge is 0.273 e. The highest BCUT2D eigenvalue weighted by atomic mass is 16.2. The monoisotopic (exact) mass is 367 g/mol. The molecule has 2 amide bonds. The van der Waals surface area contributed by atoms with Crippen LogP contribution < -0.4 is 0 Å². The molecule has 1 spiro atoms. The van der Waals surface area contributed by atoms with Gasteiger partial charge in [-0.3, -0.25) is 19.3 Å². The summed E-state index contributed by atoms with van der Waals surface area (Å²) in [4.78, 5) is 34.8. The van der Waals surface area contributed by atoms with Crippen LogP contribution in [0.5, 0.6) is 0 Å². The zero-order valence-electron chi connectivity index (χ0n) is 15.7. The number of pyridine rings is 1. The van der Waals surface area contributed by atoms with Crippen LogP contribution in [0.1, 0.15) is 48.8 Å². The minimum absolute atomic E-state index is 0.0628. The van der Waals surface area contributed by atoms with Crippen molar-refractivity contribution < 1.29 is 9.59 Å². The van der Waals surface area contributed by atoms with Gasteiger partial charge < -0.3 is 9.80 Å². The Labute approximate surface area is 159 Å². The van der Waals surface area contributed by atoms with E-state index in [9.17, 15) is 9.59 Å². The van der Waals surface area contributed by atoms with Crippen molar-refractivity contribution in [2.75, 3.05) is 13.1 Å². The van der Waals surface area contributed by atoms with Gasteiger partial charge in [-0.2, -0.15) is 5.10 Å². The second-order valence-electron chi connectivity index (χ2n) is 7.28. The molecule has 2 aromatic rings. The molecule has 0 saturated carbocycles. The molecule has 27 heavy (non-hydrogen) atoms. The number of nitrogens with zero attached hydrogens (tertiary/aromatic N) is 5. The molecule has 142 valence electrons. The minimum atomic E-state index is -0.715. The van der Waals surface area contributed by atoms with E-state index in [1.807, 2.05) is 34.9 Å². The van der Waals surface area contributed by atoms with E-state index in [0.717, 1.165) is 31.4 Å². The third-order valence-electron chi connectivity index (χ3n) is 5.75. The van der Waals surface area contributed by atoms with Gasteiger partial charge in [-0.25, -0.2) is 0 Å². The van der Waals surface area contributed by atoms with E-state index in [2.05, 4.69) is 10.1 Å².